The molecule has 32 heavy (non-hydrogen) atoms. The number of benzene rings is 3. The number of aromatic hydroxyl groups is 2. The van der Waals surface area contributed by atoms with E-state index in [1.807, 2.05) is 17.6 Å². The fourth-order valence-corrected chi connectivity index (χ4v) is 3.86. The van der Waals surface area contributed by atoms with Gasteiger partial charge in [0.1, 0.15) is 23.0 Å². The zero-order valence-corrected chi connectivity index (χ0v) is 16.9. The molecule has 1 spiro atoms. The minimum Gasteiger partial charge on any atom is -0.508 e. The normalized spacial score (nSPS) is 14.1. The van der Waals surface area contributed by atoms with Gasteiger partial charge in [-0.25, -0.2) is 10.6 Å². The number of esters is 1. The van der Waals surface area contributed by atoms with Crippen LogP contribution in [0.2, 0.25) is 0 Å². The number of fused-ring (bicyclic) bond motifs is 6. The van der Waals surface area contributed by atoms with Crippen LogP contribution in [-0.2, 0) is 15.1 Å². The second-order valence-electron chi connectivity index (χ2n) is 7.19. The van der Waals surface area contributed by atoms with Gasteiger partial charge in [0.2, 0.25) is 5.91 Å². The van der Waals surface area contributed by atoms with E-state index in [0.29, 0.717) is 46.7 Å². The second kappa shape index (κ2) is 8.22. The van der Waals surface area contributed by atoms with Gasteiger partial charge in [-0.2, -0.15) is 0 Å². The first kappa shape index (κ1) is 21.2. The average molecular weight is 435 g/mol. The number of hydrogen-bond acceptors (Lipinski definition) is 8. The van der Waals surface area contributed by atoms with Gasteiger partial charge in [0.15, 0.2) is 5.60 Å². The van der Waals surface area contributed by atoms with Crippen molar-refractivity contribution in [2.75, 3.05) is 6.54 Å². The minimum absolute atomic E-state index is 0.0371. The Morgan fingerprint density at radius 2 is 1.53 bits per heavy atom. The Balaban J connectivity index is 0.000000307. The summed E-state index contributed by atoms with van der Waals surface area (Å²) in [4.78, 5) is 22.6. The number of ether oxygens (including phenoxy) is 2. The van der Waals surface area contributed by atoms with Gasteiger partial charge < -0.3 is 25.4 Å². The molecule has 1 amide bonds. The predicted molar refractivity (Wildman–Crippen MR) is 114 cm³/mol. The van der Waals surface area contributed by atoms with Crippen LogP contribution in [0.15, 0.2) is 60.7 Å². The third kappa shape index (κ3) is 3.39. The molecule has 9 nitrogen and oxygen atoms in total. The molecule has 5 rings (SSSR count). The highest BCUT2D eigenvalue weighted by atomic mass is 16.6. The number of rotatable bonds is 2. The number of phenolic OH excluding ortho intramolecular Hbond substituents is 2. The quantitative estimate of drug-likeness (QED) is 0.177. The number of hydrazine groups is 1. The molecule has 9 heteroatoms. The van der Waals surface area contributed by atoms with E-state index in [1.165, 1.54) is 24.3 Å². The molecule has 2 heterocycles. The van der Waals surface area contributed by atoms with Crippen molar-refractivity contribution < 1.29 is 29.3 Å². The molecule has 7 N–H and O–H groups in total. The third-order valence-electron chi connectivity index (χ3n) is 5.21. The zero-order chi connectivity index (χ0) is 22.9. The molecule has 0 saturated carbocycles. The summed E-state index contributed by atoms with van der Waals surface area (Å²) in [5, 5.41) is 19.7. The van der Waals surface area contributed by atoms with Crippen LogP contribution in [0.5, 0.6) is 23.0 Å². The lowest BCUT2D eigenvalue weighted by Gasteiger charge is -2.36. The summed E-state index contributed by atoms with van der Waals surface area (Å²) in [7, 11) is 0. The molecule has 3 aromatic carbocycles. The van der Waals surface area contributed by atoms with Gasteiger partial charge in [-0.15, -0.1) is 0 Å². The topological polar surface area (TPSA) is 157 Å². The first-order valence-electron chi connectivity index (χ1n) is 9.78. The highest BCUT2D eigenvalue weighted by molar-refractivity contribution is 5.97. The average Bonchev–Trinajstić information content (AvgIpc) is 3.07. The molecule has 0 aromatic heterocycles. The number of carbonyl (C=O) groups excluding carboxylic acids is 2. The molecule has 0 saturated heterocycles. The lowest BCUT2D eigenvalue weighted by atomic mass is 9.77. The maximum Gasteiger partial charge on any atom is 0.340 e. The summed E-state index contributed by atoms with van der Waals surface area (Å²) in [6, 6.07) is 16.6. The molecule has 2 aliphatic heterocycles. The number of nitrogens with one attached hydrogen (secondary N) is 1. The van der Waals surface area contributed by atoms with Crippen molar-refractivity contribution in [3.63, 3.8) is 0 Å². The van der Waals surface area contributed by atoms with Gasteiger partial charge in [-0.05, 0) is 30.3 Å². The Kier molecular flexibility index (Phi) is 5.43. The SMILES string of the molecule is NCCC(=O)NN.O=C1OC2(c3ccc(O)cc3Oc3cc(O)ccc32)c2ccccc21. The van der Waals surface area contributed by atoms with E-state index in [0.717, 1.165) is 0 Å². The number of amides is 1. The van der Waals surface area contributed by atoms with Crippen molar-refractivity contribution in [2.24, 2.45) is 11.6 Å². The van der Waals surface area contributed by atoms with Gasteiger partial charge >= 0.3 is 5.97 Å². The first-order chi connectivity index (χ1) is 15.4. The summed E-state index contributed by atoms with van der Waals surface area (Å²) < 4.78 is 11.8. The second-order valence-corrected chi connectivity index (χ2v) is 7.19. The van der Waals surface area contributed by atoms with Gasteiger partial charge in [0.05, 0.1) is 5.56 Å². The van der Waals surface area contributed by atoms with Gasteiger partial charge in [0, 0.05) is 41.8 Å². The maximum absolute atomic E-state index is 12.5. The van der Waals surface area contributed by atoms with E-state index >= 15 is 0 Å². The fourth-order valence-electron chi connectivity index (χ4n) is 3.86. The molecule has 0 unspecified atom stereocenters. The van der Waals surface area contributed by atoms with Crippen LogP contribution in [0.1, 0.15) is 33.5 Å². The predicted octanol–water partition coefficient (Wildman–Crippen LogP) is 1.99. The van der Waals surface area contributed by atoms with E-state index < -0.39 is 11.6 Å². The van der Waals surface area contributed by atoms with E-state index in [9.17, 15) is 19.8 Å². The summed E-state index contributed by atoms with van der Waals surface area (Å²) in [6.45, 7) is 0.350. The molecule has 0 bridgehead atoms. The van der Waals surface area contributed by atoms with Crippen LogP contribution in [-0.4, -0.2) is 28.6 Å². The molecular formula is C23H21N3O6. The van der Waals surface area contributed by atoms with Crippen LogP contribution in [0.25, 0.3) is 0 Å². The summed E-state index contributed by atoms with van der Waals surface area (Å²) in [5.41, 5.74) is 8.22. The number of phenols is 2. The Morgan fingerprint density at radius 1 is 0.938 bits per heavy atom. The number of hydrogen-bond donors (Lipinski definition) is 5. The Morgan fingerprint density at radius 3 is 2.06 bits per heavy atom. The monoisotopic (exact) mass is 435 g/mol. The van der Waals surface area contributed by atoms with E-state index in [1.54, 1.807) is 24.3 Å². The van der Waals surface area contributed by atoms with Gasteiger partial charge in [-0.3, -0.25) is 10.2 Å². The summed E-state index contributed by atoms with van der Waals surface area (Å²) >= 11 is 0. The van der Waals surface area contributed by atoms with E-state index in [4.69, 9.17) is 21.1 Å². The van der Waals surface area contributed by atoms with Crippen molar-refractivity contribution in [1.29, 1.82) is 0 Å². The molecule has 3 aromatic rings. The summed E-state index contributed by atoms with van der Waals surface area (Å²) in [6.07, 6.45) is 0.302. The molecule has 0 atom stereocenters. The standard InChI is InChI=1S/C20H12O5.C3H9N3O/c21-11-5-7-15-17(9-11)24-18-10-12(22)6-8-16(18)20(15)14-4-2-1-3-13(14)19(23)25-20;4-2-1-3(7)6-5/h1-10,21-22H;1-2,4-5H2,(H,6,7). The van der Waals surface area contributed by atoms with Crippen molar-refractivity contribution >= 4 is 11.9 Å². The van der Waals surface area contributed by atoms with Gasteiger partial charge in [0.25, 0.3) is 0 Å². The van der Waals surface area contributed by atoms with Crippen molar-refractivity contribution in [2.45, 2.75) is 12.0 Å². The van der Waals surface area contributed by atoms with Crippen LogP contribution in [0, 0.1) is 0 Å². The molecule has 2 aliphatic rings. The van der Waals surface area contributed by atoms with E-state index in [2.05, 4.69) is 0 Å². The number of carbonyl (C=O) groups is 2. The maximum atomic E-state index is 12.5. The summed E-state index contributed by atoms with van der Waals surface area (Å²) in [5.74, 6) is 4.89. The molecule has 0 radical (unpaired) electrons. The fraction of sp³-hybridized carbons (Fsp3) is 0.130. The molecular weight excluding hydrogens is 414 g/mol. The highest BCUT2D eigenvalue weighted by Crippen LogP contribution is 2.56. The Labute approximate surface area is 183 Å². The third-order valence-corrected chi connectivity index (χ3v) is 5.21. The van der Waals surface area contributed by atoms with Crippen molar-refractivity contribution in [1.82, 2.24) is 5.43 Å². The largest absolute Gasteiger partial charge is 0.508 e. The van der Waals surface area contributed by atoms with Crippen LogP contribution in [0.4, 0.5) is 0 Å². The molecule has 164 valence electrons. The lowest BCUT2D eigenvalue weighted by Crippen LogP contribution is -2.32. The van der Waals surface area contributed by atoms with Crippen LogP contribution >= 0.6 is 0 Å². The number of nitrogens with two attached hydrogens (primary N) is 2. The van der Waals surface area contributed by atoms with Crippen molar-refractivity contribution in [3.8, 4) is 23.0 Å². The minimum atomic E-state index is -1.17. The lowest BCUT2D eigenvalue weighted by molar-refractivity contribution is -0.120. The Bertz CT molecular complexity index is 1160. The Hall–Kier alpha value is -4.08. The zero-order valence-electron chi connectivity index (χ0n) is 16.9. The van der Waals surface area contributed by atoms with Crippen molar-refractivity contribution in [3.05, 3.63) is 82.9 Å². The smallest absolute Gasteiger partial charge is 0.340 e. The highest BCUT2D eigenvalue weighted by Gasteiger charge is 2.53. The van der Waals surface area contributed by atoms with Crippen LogP contribution < -0.4 is 21.7 Å². The molecule has 0 aliphatic carbocycles. The van der Waals surface area contributed by atoms with Crippen LogP contribution in [0.3, 0.4) is 0 Å². The van der Waals surface area contributed by atoms with E-state index in [-0.39, 0.29) is 17.4 Å². The molecule has 0 fully saturated rings. The van der Waals surface area contributed by atoms with Gasteiger partial charge in [-0.1, -0.05) is 18.2 Å². The first-order valence-corrected chi connectivity index (χ1v) is 9.78.